The molecule has 3 aromatic carbocycles. The fourth-order valence-electron chi connectivity index (χ4n) is 3.05. The van der Waals surface area contributed by atoms with Gasteiger partial charge in [-0.05, 0) is 53.2 Å². The molecule has 3 aromatic rings. The standard InChI is InChI=1S/C24H18N4O4S/c29-22(16-17-7-3-1-4-8-17)26-27-23(30)21(15-18-11-13-20(14-12-18)28(31)32)33-24(27)25-19-9-5-2-6-10-19/h1-15H,16H2,(H,26,29)/b21-15+,25-24?. The molecule has 164 valence electrons. The Morgan fingerprint density at radius 1 is 1.00 bits per heavy atom. The van der Waals surface area contributed by atoms with Crippen LogP contribution in [0.1, 0.15) is 11.1 Å². The summed E-state index contributed by atoms with van der Waals surface area (Å²) in [6, 6.07) is 24.2. The first kappa shape index (κ1) is 22.0. The summed E-state index contributed by atoms with van der Waals surface area (Å²) in [4.78, 5) is 41.0. The second-order valence-corrected chi connectivity index (χ2v) is 8.04. The number of hydrazine groups is 1. The minimum atomic E-state index is -0.485. The number of amides is 2. The van der Waals surface area contributed by atoms with Crippen molar-refractivity contribution in [3.05, 3.63) is 111 Å². The summed E-state index contributed by atoms with van der Waals surface area (Å²) in [5.41, 5.74) is 4.68. The van der Waals surface area contributed by atoms with Crippen LogP contribution >= 0.6 is 11.8 Å². The smallest absolute Gasteiger partial charge is 0.273 e. The van der Waals surface area contributed by atoms with Gasteiger partial charge in [-0.1, -0.05) is 48.5 Å². The summed E-state index contributed by atoms with van der Waals surface area (Å²) in [5.74, 6) is -0.790. The van der Waals surface area contributed by atoms with E-state index in [0.717, 1.165) is 22.3 Å². The number of hydrogen-bond acceptors (Lipinski definition) is 6. The normalized spacial score (nSPS) is 15.8. The van der Waals surface area contributed by atoms with Crippen molar-refractivity contribution in [2.24, 2.45) is 4.99 Å². The molecule has 0 unspecified atom stereocenters. The first-order valence-electron chi connectivity index (χ1n) is 9.95. The third-order valence-electron chi connectivity index (χ3n) is 4.63. The Bertz CT molecular complexity index is 1240. The lowest BCUT2D eigenvalue weighted by atomic mass is 10.1. The molecule has 1 aliphatic heterocycles. The Morgan fingerprint density at radius 3 is 2.27 bits per heavy atom. The maximum absolute atomic E-state index is 13.1. The quantitative estimate of drug-likeness (QED) is 0.333. The van der Waals surface area contributed by atoms with Gasteiger partial charge < -0.3 is 0 Å². The highest BCUT2D eigenvalue weighted by Gasteiger charge is 2.35. The van der Waals surface area contributed by atoms with E-state index in [4.69, 9.17) is 0 Å². The molecular weight excluding hydrogens is 440 g/mol. The van der Waals surface area contributed by atoms with E-state index in [-0.39, 0.29) is 18.0 Å². The van der Waals surface area contributed by atoms with E-state index in [0.29, 0.717) is 21.3 Å². The molecule has 1 saturated heterocycles. The zero-order chi connectivity index (χ0) is 23.2. The summed E-state index contributed by atoms with van der Waals surface area (Å²) in [6.07, 6.45) is 1.72. The highest BCUT2D eigenvalue weighted by Crippen LogP contribution is 2.33. The maximum atomic E-state index is 13.1. The van der Waals surface area contributed by atoms with Crippen LogP contribution in [0.25, 0.3) is 6.08 Å². The lowest BCUT2D eigenvalue weighted by molar-refractivity contribution is -0.384. The van der Waals surface area contributed by atoms with E-state index < -0.39 is 10.8 Å². The molecule has 33 heavy (non-hydrogen) atoms. The van der Waals surface area contributed by atoms with Crippen molar-refractivity contribution in [3.63, 3.8) is 0 Å². The second kappa shape index (κ2) is 9.92. The van der Waals surface area contributed by atoms with E-state index in [1.54, 1.807) is 30.3 Å². The molecule has 8 nitrogen and oxygen atoms in total. The van der Waals surface area contributed by atoms with Gasteiger partial charge in [-0.25, -0.2) is 4.99 Å². The fraction of sp³-hybridized carbons (Fsp3) is 0.0417. The first-order chi connectivity index (χ1) is 16.0. The number of amidine groups is 1. The minimum absolute atomic E-state index is 0.0383. The average Bonchev–Trinajstić information content (AvgIpc) is 3.09. The number of thioether (sulfide) groups is 1. The van der Waals surface area contributed by atoms with E-state index in [9.17, 15) is 19.7 Å². The Balaban J connectivity index is 1.60. The van der Waals surface area contributed by atoms with Gasteiger partial charge in [0.25, 0.3) is 11.6 Å². The van der Waals surface area contributed by atoms with Gasteiger partial charge in [0.1, 0.15) is 0 Å². The van der Waals surface area contributed by atoms with Crippen LogP contribution in [0.3, 0.4) is 0 Å². The van der Waals surface area contributed by atoms with Crippen LogP contribution in [0.4, 0.5) is 11.4 Å². The lowest BCUT2D eigenvalue weighted by Gasteiger charge is -2.16. The lowest BCUT2D eigenvalue weighted by Crippen LogP contribution is -2.46. The van der Waals surface area contributed by atoms with E-state index in [2.05, 4.69) is 10.4 Å². The number of hydrogen-bond donors (Lipinski definition) is 1. The van der Waals surface area contributed by atoms with Gasteiger partial charge in [0.2, 0.25) is 5.91 Å². The van der Waals surface area contributed by atoms with Crippen molar-refractivity contribution in [2.75, 3.05) is 0 Å². The van der Waals surface area contributed by atoms with Crippen molar-refractivity contribution in [1.29, 1.82) is 0 Å². The molecule has 1 fully saturated rings. The van der Waals surface area contributed by atoms with Crippen LogP contribution in [-0.2, 0) is 16.0 Å². The molecule has 0 bridgehead atoms. The number of nitro groups is 1. The molecule has 2 amide bonds. The van der Waals surface area contributed by atoms with E-state index >= 15 is 0 Å². The monoisotopic (exact) mass is 458 g/mol. The van der Waals surface area contributed by atoms with Gasteiger partial charge in [-0.3, -0.25) is 25.1 Å². The summed E-state index contributed by atoms with van der Waals surface area (Å²) >= 11 is 1.11. The topological polar surface area (TPSA) is 105 Å². The molecule has 0 saturated carbocycles. The van der Waals surface area contributed by atoms with Crippen molar-refractivity contribution in [2.45, 2.75) is 6.42 Å². The number of para-hydroxylation sites is 1. The Hall–Kier alpha value is -4.24. The van der Waals surface area contributed by atoms with Crippen LogP contribution in [-0.4, -0.2) is 26.9 Å². The first-order valence-corrected chi connectivity index (χ1v) is 10.8. The number of carbonyl (C=O) groups is 2. The Morgan fingerprint density at radius 2 is 1.64 bits per heavy atom. The highest BCUT2D eigenvalue weighted by atomic mass is 32.2. The van der Waals surface area contributed by atoms with Gasteiger partial charge >= 0.3 is 0 Å². The van der Waals surface area contributed by atoms with E-state index in [1.807, 2.05) is 48.5 Å². The van der Waals surface area contributed by atoms with Crippen molar-refractivity contribution < 1.29 is 14.5 Å². The Labute approximate surface area is 193 Å². The predicted octanol–water partition coefficient (Wildman–Crippen LogP) is 4.47. The number of rotatable bonds is 6. The summed E-state index contributed by atoms with van der Waals surface area (Å²) in [6.45, 7) is 0. The fourth-order valence-corrected chi connectivity index (χ4v) is 3.99. The second-order valence-electron chi connectivity index (χ2n) is 7.03. The molecule has 0 atom stereocenters. The number of nitrogens with zero attached hydrogens (tertiary/aromatic N) is 3. The molecular formula is C24H18N4O4S. The van der Waals surface area contributed by atoms with Crippen LogP contribution in [0.15, 0.2) is 94.8 Å². The zero-order valence-corrected chi connectivity index (χ0v) is 18.1. The average molecular weight is 458 g/mol. The SMILES string of the molecule is O=C(Cc1ccccc1)NN1C(=O)/C(=C\c2ccc([N+](=O)[O-])cc2)SC1=Nc1ccccc1. The van der Waals surface area contributed by atoms with Gasteiger partial charge in [-0.15, -0.1) is 0 Å². The number of nitrogens with one attached hydrogen (secondary N) is 1. The summed E-state index contributed by atoms with van der Waals surface area (Å²) < 4.78 is 0. The highest BCUT2D eigenvalue weighted by molar-refractivity contribution is 8.18. The number of aliphatic imine (C=N–C) groups is 1. The zero-order valence-electron chi connectivity index (χ0n) is 17.3. The third kappa shape index (κ3) is 5.52. The molecule has 1 aliphatic rings. The van der Waals surface area contributed by atoms with Crippen LogP contribution in [0.5, 0.6) is 0 Å². The molecule has 1 heterocycles. The van der Waals surface area contributed by atoms with Gasteiger partial charge in [-0.2, -0.15) is 5.01 Å². The molecule has 0 radical (unpaired) electrons. The van der Waals surface area contributed by atoms with Gasteiger partial charge in [0.05, 0.1) is 21.9 Å². The number of benzene rings is 3. The molecule has 4 rings (SSSR count). The van der Waals surface area contributed by atoms with Gasteiger partial charge in [0, 0.05) is 12.1 Å². The van der Waals surface area contributed by atoms with E-state index in [1.165, 1.54) is 12.1 Å². The largest absolute Gasteiger partial charge is 0.285 e. The molecule has 9 heteroatoms. The van der Waals surface area contributed by atoms with Crippen LogP contribution < -0.4 is 5.43 Å². The third-order valence-corrected chi connectivity index (χ3v) is 5.60. The minimum Gasteiger partial charge on any atom is -0.273 e. The van der Waals surface area contributed by atoms with Crippen LogP contribution in [0.2, 0.25) is 0 Å². The van der Waals surface area contributed by atoms with Crippen molar-refractivity contribution in [3.8, 4) is 0 Å². The molecule has 0 aliphatic carbocycles. The van der Waals surface area contributed by atoms with Crippen LogP contribution in [0, 0.1) is 10.1 Å². The molecule has 0 spiro atoms. The van der Waals surface area contributed by atoms with Gasteiger partial charge in [0.15, 0.2) is 5.17 Å². The summed E-state index contributed by atoms with van der Waals surface area (Å²) in [7, 11) is 0. The number of non-ortho nitro benzene ring substituents is 1. The number of nitro benzene ring substituents is 1. The van der Waals surface area contributed by atoms with Crippen molar-refractivity contribution >= 4 is 46.2 Å². The van der Waals surface area contributed by atoms with Crippen molar-refractivity contribution in [1.82, 2.24) is 10.4 Å². The predicted molar refractivity (Wildman–Crippen MR) is 127 cm³/mol. The molecule has 0 aromatic heterocycles. The maximum Gasteiger partial charge on any atom is 0.285 e. The summed E-state index contributed by atoms with van der Waals surface area (Å²) in [5, 5.41) is 12.3. The number of carbonyl (C=O) groups excluding carboxylic acids is 2. The molecule has 1 N–H and O–H groups in total. The Kier molecular flexibility index (Phi) is 6.61.